The first-order chi connectivity index (χ1) is 7.81. The summed E-state index contributed by atoms with van der Waals surface area (Å²) in [5.74, 6) is 0.901. The molecule has 0 saturated carbocycles. The zero-order valence-electron chi connectivity index (χ0n) is 10.1. The lowest BCUT2D eigenvalue weighted by Crippen LogP contribution is -2.27. The van der Waals surface area contributed by atoms with Gasteiger partial charge in [0.15, 0.2) is 0 Å². The molecule has 0 bridgehead atoms. The van der Waals surface area contributed by atoms with Crippen molar-refractivity contribution in [2.45, 2.75) is 39.5 Å². The number of hydrogen-bond acceptors (Lipinski definition) is 5. The molecular formula is C11H21N3OS. The van der Waals surface area contributed by atoms with E-state index in [2.05, 4.69) is 28.1 Å². The fourth-order valence-corrected chi connectivity index (χ4v) is 2.29. The zero-order valence-corrected chi connectivity index (χ0v) is 11.0. The summed E-state index contributed by atoms with van der Waals surface area (Å²) in [5, 5.41) is 9.98. The van der Waals surface area contributed by atoms with Gasteiger partial charge in [-0.05, 0) is 6.42 Å². The van der Waals surface area contributed by atoms with Gasteiger partial charge in [-0.2, -0.15) is 4.37 Å². The number of aliphatic hydroxyl groups excluding tert-OH is 1. The van der Waals surface area contributed by atoms with Gasteiger partial charge in [0, 0.05) is 31.0 Å². The minimum atomic E-state index is 0.174. The van der Waals surface area contributed by atoms with Crippen molar-refractivity contribution in [1.82, 2.24) is 9.36 Å². The summed E-state index contributed by atoms with van der Waals surface area (Å²) in [7, 11) is 0. The molecule has 0 fully saturated rings. The third kappa shape index (κ3) is 4.06. The van der Waals surface area contributed by atoms with E-state index in [1.54, 1.807) is 0 Å². The Balaban J connectivity index is 2.54. The van der Waals surface area contributed by atoms with E-state index < -0.39 is 0 Å². The second-order valence-electron chi connectivity index (χ2n) is 3.76. The second kappa shape index (κ2) is 7.57. The Hall–Kier alpha value is -0.680. The highest BCUT2D eigenvalue weighted by Crippen LogP contribution is 2.17. The maximum atomic E-state index is 9.03. The minimum Gasteiger partial charge on any atom is -0.395 e. The number of anilines is 1. The molecular weight excluding hydrogens is 222 g/mol. The monoisotopic (exact) mass is 243 g/mol. The van der Waals surface area contributed by atoms with E-state index in [4.69, 9.17) is 5.11 Å². The van der Waals surface area contributed by atoms with Crippen LogP contribution in [0.1, 0.15) is 38.9 Å². The molecule has 0 aliphatic carbocycles. The van der Waals surface area contributed by atoms with E-state index in [-0.39, 0.29) is 6.61 Å². The summed E-state index contributed by atoms with van der Waals surface area (Å²) in [6.07, 6.45) is 4.46. The van der Waals surface area contributed by atoms with Crippen LogP contribution in [0.25, 0.3) is 0 Å². The molecule has 1 rings (SSSR count). The first-order valence-corrected chi connectivity index (χ1v) is 6.77. The topological polar surface area (TPSA) is 49.2 Å². The third-order valence-corrected chi connectivity index (χ3v) is 3.26. The maximum absolute atomic E-state index is 9.03. The van der Waals surface area contributed by atoms with Crippen molar-refractivity contribution in [3.8, 4) is 0 Å². The van der Waals surface area contributed by atoms with Crippen molar-refractivity contribution in [1.29, 1.82) is 0 Å². The highest BCUT2D eigenvalue weighted by atomic mass is 32.1. The van der Waals surface area contributed by atoms with Gasteiger partial charge in [0.05, 0.1) is 6.61 Å². The van der Waals surface area contributed by atoms with Gasteiger partial charge in [0.2, 0.25) is 5.13 Å². The SMILES string of the molecule is CCCCCN(CCO)c1nc(CC)ns1. The standard InChI is InChI=1S/C11H21N3OS/c1-3-5-6-7-14(8-9-15)11-12-10(4-2)13-16-11/h15H,3-9H2,1-2H3. The molecule has 1 heterocycles. The average molecular weight is 243 g/mol. The van der Waals surface area contributed by atoms with Gasteiger partial charge in [-0.3, -0.25) is 0 Å². The molecule has 0 aliphatic rings. The van der Waals surface area contributed by atoms with Crippen LogP contribution in [0.4, 0.5) is 5.13 Å². The Bertz CT molecular complexity index is 291. The highest BCUT2D eigenvalue weighted by molar-refractivity contribution is 7.09. The molecule has 0 unspecified atom stereocenters. The highest BCUT2D eigenvalue weighted by Gasteiger charge is 2.10. The van der Waals surface area contributed by atoms with Crippen LogP contribution in [0.2, 0.25) is 0 Å². The average Bonchev–Trinajstić information content (AvgIpc) is 2.76. The van der Waals surface area contributed by atoms with E-state index in [9.17, 15) is 0 Å². The quantitative estimate of drug-likeness (QED) is 0.710. The normalized spacial score (nSPS) is 10.7. The minimum absolute atomic E-state index is 0.174. The molecule has 0 aromatic carbocycles. The van der Waals surface area contributed by atoms with E-state index >= 15 is 0 Å². The van der Waals surface area contributed by atoms with Crippen molar-refractivity contribution in [2.75, 3.05) is 24.6 Å². The van der Waals surface area contributed by atoms with Crippen LogP contribution in [-0.4, -0.2) is 34.2 Å². The summed E-state index contributed by atoms with van der Waals surface area (Å²) in [5.41, 5.74) is 0. The Morgan fingerprint density at radius 3 is 2.62 bits per heavy atom. The van der Waals surface area contributed by atoms with Gasteiger partial charge in [-0.15, -0.1) is 0 Å². The number of aryl methyl sites for hydroxylation is 1. The molecule has 1 N–H and O–H groups in total. The lowest BCUT2D eigenvalue weighted by Gasteiger charge is -2.19. The Morgan fingerprint density at radius 2 is 2.06 bits per heavy atom. The Kier molecular flexibility index (Phi) is 6.33. The van der Waals surface area contributed by atoms with Crippen LogP contribution >= 0.6 is 11.5 Å². The lowest BCUT2D eigenvalue weighted by molar-refractivity contribution is 0.301. The van der Waals surface area contributed by atoms with Crippen molar-refractivity contribution in [3.63, 3.8) is 0 Å². The van der Waals surface area contributed by atoms with E-state index in [1.165, 1.54) is 24.4 Å². The maximum Gasteiger partial charge on any atom is 0.205 e. The number of rotatable bonds is 8. The zero-order chi connectivity index (χ0) is 11.8. The molecule has 4 nitrogen and oxygen atoms in total. The van der Waals surface area contributed by atoms with Crippen molar-refractivity contribution in [2.24, 2.45) is 0 Å². The van der Waals surface area contributed by atoms with E-state index in [0.29, 0.717) is 6.54 Å². The van der Waals surface area contributed by atoms with E-state index in [0.717, 1.165) is 30.3 Å². The van der Waals surface area contributed by atoms with Gasteiger partial charge in [0.1, 0.15) is 5.82 Å². The Labute approximate surface area is 101 Å². The van der Waals surface area contributed by atoms with Gasteiger partial charge in [-0.25, -0.2) is 4.98 Å². The molecule has 0 radical (unpaired) electrons. The molecule has 0 amide bonds. The van der Waals surface area contributed by atoms with Crippen LogP contribution in [0.3, 0.4) is 0 Å². The van der Waals surface area contributed by atoms with Gasteiger partial charge in [-0.1, -0.05) is 26.7 Å². The lowest BCUT2D eigenvalue weighted by atomic mass is 10.2. The summed E-state index contributed by atoms with van der Waals surface area (Å²) in [6.45, 7) is 6.04. The fourth-order valence-electron chi connectivity index (χ4n) is 1.49. The number of aromatic nitrogens is 2. The van der Waals surface area contributed by atoms with Crippen LogP contribution in [0.15, 0.2) is 0 Å². The van der Waals surface area contributed by atoms with Gasteiger partial charge >= 0.3 is 0 Å². The summed E-state index contributed by atoms with van der Waals surface area (Å²) in [4.78, 5) is 6.58. The number of unbranched alkanes of at least 4 members (excludes halogenated alkanes) is 2. The summed E-state index contributed by atoms with van der Waals surface area (Å²) in [6, 6.07) is 0. The van der Waals surface area contributed by atoms with Crippen molar-refractivity contribution < 1.29 is 5.11 Å². The second-order valence-corrected chi connectivity index (χ2v) is 4.49. The largest absolute Gasteiger partial charge is 0.395 e. The van der Waals surface area contributed by atoms with Crippen LogP contribution in [0, 0.1) is 0 Å². The molecule has 5 heteroatoms. The molecule has 1 aromatic rings. The van der Waals surface area contributed by atoms with Crippen LogP contribution < -0.4 is 4.90 Å². The Morgan fingerprint density at radius 1 is 1.25 bits per heavy atom. The van der Waals surface area contributed by atoms with Crippen molar-refractivity contribution >= 4 is 16.7 Å². The molecule has 92 valence electrons. The first-order valence-electron chi connectivity index (χ1n) is 6.00. The smallest absolute Gasteiger partial charge is 0.205 e. The molecule has 0 spiro atoms. The number of nitrogens with zero attached hydrogens (tertiary/aromatic N) is 3. The molecule has 0 saturated heterocycles. The fraction of sp³-hybridized carbons (Fsp3) is 0.818. The molecule has 16 heavy (non-hydrogen) atoms. The summed E-state index contributed by atoms with van der Waals surface area (Å²) >= 11 is 1.43. The van der Waals surface area contributed by atoms with E-state index in [1.807, 2.05) is 0 Å². The summed E-state index contributed by atoms with van der Waals surface area (Å²) < 4.78 is 4.27. The van der Waals surface area contributed by atoms with Gasteiger partial charge in [0.25, 0.3) is 0 Å². The predicted molar refractivity (Wildman–Crippen MR) is 68.1 cm³/mol. The number of aliphatic hydroxyl groups is 1. The molecule has 0 atom stereocenters. The van der Waals surface area contributed by atoms with Crippen molar-refractivity contribution in [3.05, 3.63) is 5.82 Å². The first kappa shape index (κ1) is 13.4. The number of hydrogen-bond donors (Lipinski definition) is 1. The van der Waals surface area contributed by atoms with Gasteiger partial charge < -0.3 is 10.0 Å². The molecule has 1 aromatic heterocycles. The molecule has 0 aliphatic heterocycles. The predicted octanol–water partition coefficient (Wildman–Crippen LogP) is 2.09. The van der Waals surface area contributed by atoms with Crippen LogP contribution in [0.5, 0.6) is 0 Å². The van der Waals surface area contributed by atoms with Crippen LogP contribution in [-0.2, 0) is 6.42 Å². The third-order valence-electron chi connectivity index (χ3n) is 2.45.